The molecular formula is C18H14N2. The molecule has 0 saturated heterocycles. The number of pyridine rings is 1. The molecule has 0 fully saturated rings. The second-order valence-electron chi connectivity index (χ2n) is 4.60. The van der Waals surface area contributed by atoms with Crippen molar-refractivity contribution in [3.05, 3.63) is 72.1 Å². The molecule has 2 heteroatoms. The molecular weight excluding hydrogens is 244 g/mol. The number of nitrogens with one attached hydrogen (secondary N) is 1. The smallest absolute Gasteiger partial charge is 0.0422 e. The molecule has 1 heterocycles. The van der Waals surface area contributed by atoms with Crippen molar-refractivity contribution < 1.29 is 0 Å². The van der Waals surface area contributed by atoms with Crippen LogP contribution in [0.25, 0.3) is 10.8 Å². The van der Waals surface area contributed by atoms with Crippen molar-refractivity contribution in [1.82, 2.24) is 4.98 Å². The SMILES string of the molecule is C#Cc1cccc(NCc2cncc3ccccc23)c1. The molecule has 0 radical (unpaired) electrons. The molecule has 0 atom stereocenters. The fraction of sp³-hybridized carbons (Fsp3) is 0.0556. The maximum Gasteiger partial charge on any atom is 0.0422 e. The van der Waals surface area contributed by atoms with Gasteiger partial charge in [0.15, 0.2) is 0 Å². The third-order valence-corrected chi connectivity index (χ3v) is 3.26. The molecule has 2 nitrogen and oxygen atoms in total. The Morgan fingerprint density at radius 3 is 2.85 bits per heavy atom. The average molecular weight is 258 g/mol. The van der Waals surface area contributed by atoms with Crippen LogP contribution in [0.2, 0.25) is 0 Å². The van der Waals surface area contributed by atoms with Gasteiger partial charge in [0.05, 0.1) is 0 Å². The molecule has 0 aliphatic rings. The molecule has 2 aromatic carbocycles. The van der Waals surface area contributed by atoms with E-state index in [0.717, 1.165) is 23.2 Å². The van der Waals surface area contributed by atoms with Gasteiger partial charge in [0.1, 0.15) is 0 Å². The predicted molar refractivity (Wildman–Crippen MR) is 83.4 cm³/mol. The summed E-state index contributed by atoms with van der Waals surface area (Å²) < 4.78 is 0. The van der Waals surface area contributed by atoms with E-state index in [1.54, 1.807) is 0 Å². The lowest BCUT2D eigenvalue weighted by Crippen LogP contribution is -2.00. The van der Waals surface area contributed by atoms with Gasteiger partial charge in [0, 0.05) is 35.6 Å². The highest BCUT2D eigenvalue weighted by atomic mass is 14.9. The van der Waals surface area contributed by atoms with Crippen molar-refractivity contribution in [3.8, 4) is 12.3 Å². The number of anilines is 1. The van der Waals surface area contributed by atoms with Gasteiger partial charge in [-0.2, -0.15) is 0 Å². The zero-order valence-electron chi connectivity index (χ0n) is 11.0. The molecule has 3 aromatic rings. The van der Waals surface area contributed by atoms with Crippen LogP contribution in [0.15, 0.2) is 60.9 Å². The first kappa shape index (κ1) is 12.3. The number of fused-ring (bicyclic) bond motifs is 1. The minimum absolute atomic E-state index is 0.725. The highest BCUT2D eigenvalue weighted by Crippen LogP contribution is 2.18. The maximum atomic E-state index is 5.41. The second kappa shape index (κ2) is 5.46. The first-order chi connectivity index (χ1) is 9.86. The van der Waals surface area contributed by atoms with Crippen molar-refractivity contribution >= 4 is 16.5 Å². The predicted octanol–water partition coefficient (Wildman–Crippen LogP) is 3.83. The van der Waals surface area contributed by atoms with Crippen molar-refractivity contribution in [1.29, 1.82) is 0 Å². The zero-order valence-corrected chi connectivity index (χ0v) is 11.0. The zero-order chi connectivity index (χ0) is 13.8. The van der Waals surface area contributed by atoms with Crippen LogP contribution in [-0.2, 0) is 6.54 Å². The fourth-order valence-electron chi connectivity index (χ4n) is 2.24. The van der Waals surface area contributed by atoms with Crippen LogP contribution in [0, 0.1) is 12.3 Å². The molecule has 1 aromatic heterocycles. The van der Waals surface area contributed by atoms with Gasteiger partial charge in [0.2, 0.25) is 0 Å². The summed E-state index contributed by atoms with van der Waals surface area (Å²) in [5.41, 5.74) is 3.08. The van der Waals surface area contributed by atoms with Crippen LogP contribution in [0.4, 0.5) is 5.69 Å². The van der Waals surface area contributed by atoms with Crippen LogP contribution in [0.1, 0.15) is 11.1 Å². The fourth-order valence-corrected chi connectivity index (χ4v) is 2.24. The summed E-state index contributed by atoms with van der Waals surface area (Å²) >= 11 is 0. The first-order valence-corrected chi connectivity index (χ1v) is 6.49. The van der Waals surface area contributed by atoms with Crippen molar-refractivity contribution in [2.75, 3.05) is 5.32 Å². The van der Waals surface area contributed by atoms with E-state index in [9.17, 15) is 0 Å². The van der Waals surface area contributed by atoms with Gasteiger partial charge in [-0.15, -0.1) is 6.42 Å². The van der Waals surface area contributed by atoms with E-state index in [1.807, 2.05) is 48.8 Å². The van der Waals surface area contributed by atoms with Crippen molar-refractivity contribution in [2.24, 2.45) is 0 Å². The molecule has 0 aliphatic carbocycles. The number of benzene rings is 2. The molecule has 20 heavy (non-hydrogen) atoms. The van der Waals surface area contributed by atoms with Gasteiger partial charge in [-0.1, -0.05) is 36.3 Å². The molecule has 0 bridgehead atoms. The van der Waals surface area contributed by atoms with E-state index in [2.05, 4.69) is 28.4 Å². The third-order valence-electron chi connectivity index (χ3n) is 3.26. The Bertz CT molecular complexity index is 779. The van der Waals surface area contributed by atoms with Crippen LogP contribution in [0.3, 0.4) is 0 Å². The number of rotatable bonds is 3. The van der Waals surface area contributed by atoms with E-state index in [-0.39, 0.29) is 0 Å². The van der Waals surface area contributed by atoms with E-state index in [1.165, 1.54) is 10.9 Å². The minimum Gasteiger partial charge on any atom is -0.381 e. The molecule has 0 spiro atoms. The molecule has 96 valence electrons. The van der Waals surface area contributed by atoms with E-state index >= 15 is 0 Å². The van der Waals surface area contributed by atoms with Crippen LogP contribution >= 0.6 is 0 Å². The Labute approximate surface area is 118 Å². The molecule has 0 aliphatic heterocycles. The number of hydrogen-bond acceptors (Lipinski definition) is 2. The number of hydrogen-bond donors (Lipinski definition) is 1. The van der Waals surface area contributed by atoms with Gasteiger partial charge in [-0.25, -0.2) is 0 Å². The monoisotopic (exact) mass is 258 g/mol. The number of nitrogens with zero attached hydrogens (tertiary/aromatic N) is 1. The van der Waals surface area contributed by atoms with Crippen LogP contribution in [0.5, 0.6) is 0 Å². The Morgan fingerprint density at radius 2 is 1.95 bits per heavy atom. The topological polar surface area (TPSA) is 24.9 Å². The standard InChI is InChI=1S/C18H14N2/c1-2-14-6-5-8-17(10-14)20-13-16-12-19-11-15-7-3-4-9-18(15)16/h1,3-12,20H,13H2. The maximum absolute atomic E-state index is 5.41. The Morgan fingerprint density at radius 1 is 1.05 bits per heavy atom. The summed E-state index contributed by atoms with van der Waals surface area (Å²) in [6.45, 7) is 0.725. The first-order valence-electron chi connectivity index (χ1n) is 6.49. The summed E-state index contributed by atoms with van der Waals surface area (Å²) in [5, 5.41) is 5.77. The summed E-state index contributed by atoms with van der Waals surface area (Å²) in [4.78, 5) is 4.29. The van der Waals surface area contributed by atoms with E-state index in [4.69, 9.17) is 6.42 Å². The lowest BCUT2D eigenvalue weighted by molar-refractivity contribution is 1.14. The molecule has 0 amide bonds. The molecule has 1 N–H and O–H groups in total. The Kier molecular flexibility index (Phi) is 3.34. The molecule has 0 unspecified atom stereocenters. The lowest BCUT2D eigenvalue weighted by Gasteiger charge is -2.09. The highest BCUT2D eigenvalue weighted by Gasteiger charge is 2.01. The number of aromatic nitrogens is 1. The number of terminal acetylenes is 1. The van der Waals surface area contributed by atoms with Crippen LogP contribution < -0.4 is 5.32 Å². The van der Waals surface area contributed by atoms with Gasteiger partial charge >= 0.3 is 0 Å². The summed E-state index contributed by atoms with van der Waals surface area (Å²) in [7, 11) is 0. The lowest BCUT2D eigenvalue weighted by atomic mass is 10.1. The van der Waals surface area contributed by atoms with Crippen molar-refractivity contribution in [2.45, 2.75) is 6.54 Å². The van der Waals surface area contributed by atoms with Gasteiger partial charge in [-0.05, 0) is 29.1 Å². The third kappa shape index (κ3) is 2.48. The quantitative estimate of drug-likeness (QED) is 0.722. The molecule has 0 saturated carbocycles. The summed E-state index contributed by atoms with van der Waals surface area (Å²) in [6, 6.07) is 16.1. The van der Waals surface area contributed by atoms with Gasteiger partial charge in [-0.3, -0.25) is 4.98 Å². The normalized spacial score (nSPS) is 10.2. The van der Waals surface area contributed by atoms with E-state index < -0.39 is 0 Å². The largest absolute Gasteiger partial charge is 0.381 e. The highest BCUT2D eigenvalue weighted by molar-refractivity contribution is 5.84. The average Bonchev–Trinajstić information content (AvgIpc) is 2.53. The van der Waals surface area contributed by atoms with Crippen LogP contribution in [-0.4, -0.2) is 4.98 Å². The minimum atomic E-state index is 0.725. The Hall–Kier alpha value is -2.79. The summed E-state index contributed by atoms with van der Waals surface area (Å²) in [5.74, 6) is 2.64. The second-order valence-corrected chi connectivity index (χ2v) is 4.60. The van der Waals surface area contributed by atoms with Crippen molar-refractivity contribution in [3.63, 3.8) is 0 Å². The van der Waals surface area contributed by atoms with Gasteiger partial charge in [0.25, 0.3) is 0 Å². The van der Waals surface area contributed by atoms with Gasteiger partial charge < -0.3 is 5.32 Å². The van der Waals surface area contributed by atoms with E-state index in [0.29, 0.717) is 0 Å². The molecule has 3 rings (SSSR count). The summed E-state index contributed by atoms with van der Waals surface area (Å²) in [6.07, 6.45) is 9.20. The Balaban J connectivity index is 1.85.